The number of ether oxygens (including phenoxy) is 2. The zero-order chi connectivity index (χ0) is 12.2. The molecule has 88 valence electrons. The minimum absolute atomic E-state index is 0.406. The van der Waals surface area contributed by atoms with E-state index in [-0.39, 0.29) is 0 Å². The van der Waals surface area contributed by atoms with Crippen molar-refractivity contribution in [2.24, 2.45) is 0 Å². The number of para-hydroxylation sites is 1. The Bertz CT molecular complexity index is 350. The quantitative estimate of drug-likeness (QED) is 0.473. The second kappa shape index (κ2) is 5.41. The number of benzene rings is 1. The van der Waals surface area contributed by atoms with Gasteiger partial charge in [-0.1, -0.05) is 18.2 Å². The van der Waals surface area contributed by atoms with Gasteiger partial charge in [0.15, 0.2) is 0 Å². The molecule has 1 aromatic rings. The fourth-order valence-corrected chi connectivity index (χ4v) is 0.954. The molecule has 1 rings (SSSR count). The van der Waals surface area contributed by atoms with Gasteiger partial charge in [0.25, 0.3) is 0 Å². The van der Waals surface area contributed by atoms with Crippen LogP contribution in [0, 0.1) is 0 Å². The summed E-state index contributed by atoms with van der Waals surface area (Å²) in [6.45, 7) is 3.20. The number of carbonyl (C=O) groups excluding carboxylic acids is 1. The Hall–Kier alpha value is -0.930. The van der Waals surface area contributed by atoms with Gasteiger partial charge in [-0.2, -0.15) is 0 Å². The summed E-state index contributed by atoms with van der Waals surface area (Å²) < 4.78 is 9.90. The minimum atomic E-state index is -0.991. The zero-order valence-corrected chi connectivity index (χ0v) is 10.5. The van der Waals surface area contributed by atoms with Crippen molar-refractivity contribution in [2.45, 2.75) is 24.3 Å². The molecule has 0 aliphatic carbocycles. The molecule has 0 aliphatic heterocycles. The Labute approximate surface area is 104 Å². The molecule has 0 bridgehead atoms. The molecule has 0 saturated carbocycles. The minimum Gasteiger partial charge on any atom is -0.425 e. The van der Waals surface area contributed by atoms with E-state index in [1.54, 1.807) is 38.1 Å². The third-order valence-electron chi connectivity index (χ3n) is 1.82. The number of carbonyl (C=O) groups is 1. The van der Waals surface area contributed by atoms with Crippen LogP contribution in [0.2, 0.25) is 0 Å². The summed E-state index contributed by atoms with van der Waals surface area (Å²) in [5.74, 6) is 0.406. The highest BCUT2D eigenvalue weighted by molar-refractivity contribution is 6.45. The van der Waals surface area contributed by atoms with Crippen LogP contribution < -0.4 is 4.74 Å². The van der Waals surface area contributed by atoms with Crippen LogP contribution in [0.25, 0.3) is 0 Å². The van der Waals surface area contributed by atoms with Gasteiger partial charge in [0.1, 0.15) is 16.2 Å². The maximum absolute atomic E-state index is 11.4. The first-order valence-electron chi connectivity index (χ1n) is 4.66. The van der Waals surface area contributed by atoms with Gasteiger partial charge in [-0.25, -0.2) is 4.79 Å². The Morgan fingerprint density at radius 3 is 2.31 bits per heavy atom. The molecular weight excluding hydrogens is 251 g/mol. The van der Waals surface area contributed by atoms with E-state index in [9.17, 15) is 4.79 Å². The Balaban J connectivity index is 2.55. The molecule has 0 unspecified atom stereocenters. The highest BCUT2D eigenvalue weighted by Gasteiger charge is 2.31. The first kappa shape index (κ1) is 13.1. The monoisotopic (exact) mass is 262 g/mol. The number of halogens is 2. The van der Waals surface area contributed by atoms with Crippen molar-refractivity contribution in [3.05, 3.63) is 30.3 Å². The van der Waals surface area contributed by atoms with Crippen molar-refractivity contribution in [1.29, 1.82) is 0 Å². The fourth-order valence-electron chi connectivity index (χ4n) is 0.865. The molecule has 1 aromatic carbocycles. The van der Waals surface area contributed by atoms with Gasteiger partial charge in [0.05, 0.1) is 0 Å². The maximum Gasteiger partial charge on any atom is 0.514 e. The van der Waals surface area contributed by atoms with Crippen LogP contribution in [0.1, 0.15) is 13.8 Å². The number of rotatable bonds is 3. The van der Waals surface area contributed by atoms with Crippen LogP contribution in [0.4, 0.5) is 4.79 Å². The lowest BCUT2D eigenvalue weighted by molar-refractivity contribution is 0.0172. The van der Waals surface area contributed by atoms with E-state index in [0.717, 1.165) is 0 Å². The Morgan fingerprint density at radius 2 is 1.81 bits per heavy atom. The largest absolute Gasteiger partial charge is 0.514 e. The van der Waals surface area contributed by atoms with Crippen molar-refractivity contribution in [2.75, 3.05) is 0 Å². The average Bonchev–Trinajstić information content (AvgIpc) is 2.17. The second-order valence-electron chi connectivity index (χ2n) is 3.67. The fraction of sp³-hybridized carbons (Fsp3) is 0.364. The van der Waals surface area contributed by atoms with Crippen LogP contribution in [0.3, 0.4) is 0 Å². The summed E-state index contributed by atoms with van der Waals surface area (Å²) in [5, 5.41) is 0. The molecule has 5 heteroatoms. The van der Waals surface area contributed by atoms with E-state index in [4.69, 9.17) is 32.7 Å². The van der Waals surface area contributed by atoms with Crippen molar-refractivity contribution >= 4 is 29.4 Å². The van der Waals surface area contributed by atoms with E-state index in [0.29, 0.717) is 5.75 Å². The van der Waals surface area contributed by atoms with Crippen LogP contribution in [0.5, 0.6) is 5.75 Å². The standard InChI is InChI=1S/C11H12Cl2O3/c1-11(2,9(12)13)16-10(14)15-8-6-4-3-5-7-8/h3-7,9H,1-2H3. The molecule has 0 heterocycles. The van der Waals surface area contributed by atoms with Crippen LogP contribution >= 0.6 is 23.2 Å². The normalized spacial score (nSPS) is 11.3. The topological polar surface area (TPSA) is 35.5 Å². The molecule has 3 nitrogen and oxygen atoms in total. The van der Waals surface area contributed by atoms with Gasteiger partial charge in [0, 0.05) is 0 Å². The predicted octanol–water partition coefficient (Wildman–Crippen LogP) is 3.78. The third-order valence-corrected chi connectivity index (χ3v) is 2.87. The molecule has 0 amide bonds. The summed E-state index contributed by atoms with van der Waals surface area (Å²) in [7, 11) is 0. The van der Waals surface area contributed by atoms with Crippen LogP contribution in [-0.2, 0) is 4.74 Å². The first-order chi connectivity index (χ1) is 7.42. The van der Waals surface area contributed by atoms with E-state index in [1.165, 1.54) is 0 Å². The molecule has 0 aromatic heterocycles. The maximum atomic E-state index is 11.4. The van der Waals surface area contributed by atoms with Crippen molar-refractivity contribution < 1.29 is 14.3 Å². The third kappa shape index (κ3) is 3.91. The predicted molar refractivity (Wildman–Crippen MR) is 63.1 cm³/mol. The van der Waals surface area contributed by atoms with Gasteiger partial charge < -0.3 is 9.47 Å². The summed E-state index contributed by atoms with van der Waals surface area (Å²) in [6.07, 6.45) is -0.831. The summed E-state index contributed by atoms with van der Waals surface area (Å²) in [4.78, 5) is 10.5. The number of hydrogen-bond donors (Lipinski definition) is 0. The van der Waals surface area contributed by atoms with Crippen molar-refractivity contribution in [3.63, 3.8) is 0 Å². The Morgan fingerprint density at radius 1 is 1.25 bits per heavy atom. The molecule has 0 atom stereocenters. The molecule has 0 aliphatic rings. The highest BCUT2D eigenvalue weighted by atomic mass is 35.5. The van der Waals surface area contributed by atoms with Gasteiger partial charge in [-0.05, 0) is 26.0 Å². The SMILES string of the molecule is CC(C)(OC(=O)Oc1ccccc1)C(Cl)Cl. The van der Waals surface area contributed by atoms with Gasteiger partial charge in [-0.15, -0.1) is 23.2 Å². The molecule has 0 N–H and O–H groups in total. The molecule has 0 spiro atoms. The summed E-state index contributed by atoms with van der Waals surface area (Å²) in [6, 6.07) is 8.61. The zero-order valence-electron chi connectivity index (χ0n) is 8.94. The molecule has 16 heavy (non-hydrogen) atoms. The van der Waals surface area contributed by atoms with Gasteiger partial charge in [-0.3, -0.25) is 0 Å². The van der Waals surface area contributed by atoms with Gasteiger partial charge in [0.2, 0.25) is 0 Å². The molecule has 0 fully saturated rings. The van der Waals surface area contributed by atoms with Crippen molar-refractivity contribution in [3.8, 4) is 5.75 Å². The first-order valence-corrected chi connectivity index (χ1v) is 5.53. The molecule has 0 radical (unpaired) electrons. The molecular formula is C11H12Cl2O3. The second-order valence-corrected chi connectivity index (χ2v) is 4.77. The number of alkyl halides is 2. The summed E-state index contributed by atoms with van der Waals surface area (Å²) >= 11 is 11.3. The van der Waals surface area contributed by atoms with E-state index < -0.39 is 16.6 Å². The van der Waals surface area contributed by atoms with Crippen LogP contribution in [-0.4, -0.2) is 16.6 Å². The summed E-state index contributed by atoms with van der Waals surface area (Å²) in [5.41, 5.74) is -0.991. The lowest BCUT2D eigenvalue weighted by atomic mass is 10.2. The van der Waals surface area contributed by atoms with E-state index >= 15 is 0 Å². The lowest BCUT2D eigenvalue weighted by Crippen LogP contribution is -2.35. The van der Waals surface area contributed by atoms with Gasteiger partial charge >= 0.3 is 6.16 Å². The lowest BCUT2D eigenvalue weighted by Gasteiger charge is -2.25. The van der Waals surface area contributed by atoms with Crippen molar-refractivity contribution in [1.82, 2.24) is 0 Å². The number of hydrogen-bond acceptors (Lipinski definition) is 3. The smallest absolute Gasteiger partial charge is 0.425 e. The molecule has 0 saturated heterocycles. The average molecular weight is 263 g/mol. The van der Waals surface area contributed by atoms with E-state index in [2.05, 4.69) is 0 Å². The van der Waals surface area contributed by atoms with E-state index in [1.807, 2.05) is 6.07 Å². The Kier molecular flexibility index (Phi) is 4.44. The highest BCUT2D eigenvalue weighted by Crippen LogP contribution is 2.24. The van der Waals surface area contributed by atoms with Crippen LogP contribution in [0.15, 0.2) is 30.3 Å².